The molecule has 0 aromatic heterocycles. The largest absolute Gasteiger partial charge is 0.394 e. The van der Waals surface area contributed by atoms with E-state index in [2.05, 4.69) is 19.2 Å². The van der Waals surface area contributed by atoms with Gasteiger partial charge >= 0.3 is 0 Å². The number of aliphatic hydroxyl groups excluding tert-OH is 4. The van der Waals surface area contributed by atoms with Gasteiger partial charge in [0.2, 0.25) is 5.91 Å². The molecule has 0 fully saturated rings. The SMILES string of the molecule is CCCCCCCCCCCCCCCCCCCCCCCCCCCCCC(O)C(=O)NC(CO)C(O)C(O)CCCCCCCCCCC. The van der Waals surface area contributed by atoms with Gasteiger partial charge in [0.05, 0.1) is 18.8 Å². The van der Waals surface area contributed by atoms with Gasteiger partial charge in [0, 0.05) is 0 Å². The average molecular weight is 740 g/mol. The van der Waals surface area contributed by atoms with Crippen LogP contribution < -0.4 is 5.32 Å². The Labute approximate surface area is 324 Å². The molecule has 4 unspecified atom stereocenters. The predicted molar refractivity (Wildman–Crippen MR) is 224 cm³/mol. The quantitative estimate of drug-likeness (QED) is 0.0400. The van der Waals surface area contributed by atoms with E-state index in [0.29, 0.717) is 12.8 Å². The van der Waals surface area contributed by atoms with E-state index < -0.39 is 36.9 Å². The van der Waals surface area contributed by atoms with Crippen LogP contribution in [0.4, 0.5) is 0 Å². The minimum absolute atomic E-state index is 0.375. The molecule has 0 spiro atoms. The number of nitrogens with one attached hydrogen (secondary N) is 1. The summed E-state index contributed by atoms with van der Waals surface area (Å²) in [7, 11) is 0. The van der Waals surface area contributed by atoms with E-state index in [-0.39, 0.29) is 0 Å². The monoisotopic (exact) mass is 740 g/mol. The minimum Gasteiger partial charge on any atom is -0.394 e. The molecule has 6 heteroatoms. The molecule has 312 valence electrons. The van der Waals surface area contributed by atoms with E-state index in [1.807, 2.05) is 0 Å². The summed E-state index contributed by atoms with van der Waals surface area (Å²) in [6.45, 7) is 4.04. The van der Waals surface area contributed by atoms with Gasteiger partial charge < -0.3 is 25.7 Å². The van der Waals surface area contributed by atoms with E-state index in [0.717, 1.165) is 38.5 Å². The first kappa shape index (κ1) is 51.3. The lowest BCUT2D eigenvalue weighted by Gasteiger charge is -2.27. The van der Waals surface area contributed by atoms with Crippen LogP contribution in [0.1, 0.15) is 258 Å². The molecular formula is C46H93NO5. The Bertz CT molecular complexity index is 706. The van der Waals surface area contributed by atoms with Crippen LogP contribution in [0.25, 0.3) is 0 Å². The van der Waals surface area contributed by atoms with Crippen molar-refractivity contribution in [3.63, 3.8) is 0 Å². The third-order valence-corrected chi connectivity index (χ3v) is 11.3. The van der Waals surface area contributed by atoms with Crippen LogP contribution in [0.2, 0.25) is 0 Å². The molecule has 0 radical (unpaired) electrons. The van der Waals surface area contributed by atoms with E-state index in [9.17, 15) is 25.2 Å². The molecule has 0 saturated carbocycles. The van der Waals surface area contributed by atoms with E-state index in [1.165, 1.54) is 193 Å². The summed E-state index contributed by atoms with van der Waals surface area (Å²) < 4.78 is 0. The zero-order valence-electron chi connectivity index (χ0n) is 35.1. The minimum atomic E-state index is -1.25. The fraction of sp³-hybridized carbons (Fsp3) is 0.978. The van der Waals surface area contributed by atoms with Crippen molar-refractivity contribution in [1.29, 1.82) is 0 Å². The third-order valence-electron chi connectivity index (χ3n) is 11.3. The second kappa shape index (κ2) is 41.5. The normalized spacial score (nSPS) is 14.0. The smallest absolute Gasteiger partial charge is 0.249 e. The number of aliphatic hydroxyl groups is 4. The lowest BCUT2D eigenvalue weighted by molar-refractivity contribution is -0.132. The molecule has 0 bridgehead atoms. The second-order valence-electron chi connectivity index (χ2n) is 16.5. The number of carbonyl (C=O) groups excluding carboxylic acids is 1. The van der Waals surface area contributed by atoms with Crippen molar-refractivity contribution in [1.82, 2.24) is 5.32 Å². The summed E-state index contributed by atoms with van der Waals surface area (Å²) in [6.07, 6.45) is 44.5. The molecule has 52 heavy (non-hydrogen) atoms. The van der Waals surface area contributed by atoms with Crippen molar-refractivity contribution in [2.24, 2.45) is 0 Å². The maximum atomic E-state index is 12.5. The number of unbranched alkanes of at least 4 members (excludes halogenated alkanes) is 34. The molecule has 0 aliphatic rings. The molecule has 0 aromatic carbocycles. The number of amides is 1. The highest BCUT2D eigenvalue weighted by molar-refractivity contribution is 5.80. The Hall–Kier alpha value is -0.690. The third kappa shape index (κ3) is 35.0. The number of hydrogen-bond acceptors (Lipinski definition) is 5. The molecule has 6 nitrogen and oxygen atoms in total. The van der Waals surface area contributed by atoms with Crippen molar-refractivity contribution < 1.29 is 25.2 Å². The van der Waals surface area contributed by atoms with Gasteiger partial charge in [0.1, 0.15) is 12.2 Å². The summed E-state index contributed by atoms with van der Waals surface area (Å²) in [4.78, 5) is 12.5. The lowest BCUT2D eigenvalue weighted by atomic mass is 9.99. The van der Waals surface area contributed by atoms with Gasteiger partial charge in [0.15, 0.2) is 0 Å². The standard InChI is InChI=1S/C46H93NO5/c1-3-5-7-9-11-13-14-15-16-17-18-19-20-21-22-23-24-25-26-27-28-29-30-32-34-36-38-40-44(50)46(52)47-42(41-48)45(51)43(49)39-37-35-33-31-12-10-8-6-4-2/h42-45,48-51H,3-41H2,1-2H3,(H,47,52). The fourth-order valence-corrected chi connectivity index (χ4v) is 7.58. The van der Waals surface area contributed by atoms with Crippen molar-refractivity contribution in [3.8, 4) is 0 Å². The summed E-state index contributed by atoms with van der Waals surface area (Å²) in [5, 5.41) is 43.5. The van der Waals surface area contributed by atoms with Gasteiger partial charge in [-0.15, -0.1) is 0 Å². The number of carbonyl (C=O) groups is 1. The van der Waals surface area contributed by atoms with E-state index >= 15 is 0 Å². The molecule has 0 aromatic rings. The van der Waals surface area contributed by atoms with E-state index in [4.69, 9.17) is 0 Å². The van der Waals surface area contributed by atoms with E-state index in [1.54, 1.807) is 0 Å². The van der Waals surface area contributed by atoms with Crippen LogP contribution >= 0.6 is 0 Å². The van der Waals surface area contributed by atoms with Gasteiger partial charge in [-0.25, -0.2) is 0 Å². The van der Waals surface area contributed by atoms with Crippen LogP contribution in [-0.2, 0) is 4.79 Å². The fourth-order valence-electron chi connectivity index (χ4n) is 7.58. The van der Waals surface area contributed by atoms with Crippen LogP contribution in [0, 0.1) is 0 Å². The molecule has 0 rings (SSSR count). The Balaban J connectivity index is 3.54. The van der Waals surface area contributed by atoms with Crippen molar-refractivity contribution in [2.45, 2.75) is 282 Å². The van der Waals surface area contributed by atoms with Gasteiger partial charge in [0.25, 0.3) is 0 Å². The number of hydrogen-bond donors (Lipinski definition) is 5. The topological polar surface area (TPSA) is 110 Å². The van der Waals surface area contributed by atoms with Crippen LogP contribution in [0.15, 0.2) is 0 Å². The number of rotatable bonds is 43. The highest BCUT2D eigenvalue weighted by atomic mass is 16.3. The van der Waals surface area contributed by atoms with Gasteiger partial charge in [-0.05, 0) is 12.8 Å². The molecule has 0 heterocycles. The molecule has 5 N–H and O–H groups in total. The predicted octanol–water partition coefficient (Wildman–Crippen LogP) is 12.4. The van der Waals surface area contributed by atoms with Gasteiger partial charge in [-0.2, -0.15) is 0 Å². The zero-order chi connectivity index (χ0) is 38.2. The summed E-state index contributed by atoms with van der Waals surface area (Å²) in [5.41, 5.74) is 0. The Morgan fingerprint density at radius 2 is 0.654 bits per heavy atom. The van der Waals surface area contributed by atoms with Crippen molar-refractivity contribution >= 4 is 5.91 Å². The molecule has 0 aliphatic heterocycles. The highest BCUT2D eigenvalue weighted by Gasteiger charge is 2.28. The average Bonchev–Trinajstić information content (AvgIpc) is 3.15. The highest BCUT2D eigenvalue weighted by Crippen LogP contribution is 2.17. The summed E-state index contributed by atoms with van der Waals surface area (Å²) >= 11 is 0. The van der Waals surface area contributed by atoms with Crippen LogP contribution in [0.5, 0.6) is 0 Å². The maximum Gasteiger partial charge on any atom is 0.249 e. The molecule has 0 aliphatic carbocycles. The molecule has 0 saturated heterocycles. The van der Waals surface area contributed by atoms with Crippen molar-refractivity contribution in [2.75, 3.05) is 6.61 Å². The maximum absolute atomic E-state index is 12.5. The Morgan fingerprint density at radius 3 is 0.923 bits per heavy atom. The van der Waals surface area contributed by atoms with Crippen LogP contribution in [-0.4, -0.2) is 57.3 Å². The first-order valence-corrected chi connectivity index (χ1v) is 23.4. The Kier molecular flexibility index (Phi) is 40.9. The second-order valence-corrected chi connectivity index (χ2v) is 16.5. The summed E-state index contributed by atoms with van der Waals surface area (Å²) in [5.74, 6) is -0.580. The molecule has 4 atom stereocenters. The molecule has 1 amide bonds. The van der Waals surface area contributed by atoms with Gasteiger partial charge in [-0.1, -0.05) is 245 Å². The molecular weight excluding hydrogens is 647 g/mol. The first-order chi connectivity index (χ1) is 25.5. The van der Waals surface area contributed by atoms with Gasteiger partial charge in [-0.3, -0.25) is 4.79 Å². The van der Waals surface area contributed by atoms with Crippen molar-refractivity contribution in [3.05, 3.63) is 0 Å². The first-order valence-electron chi connectivity index (χ1n) is 23.4. The Morgan fingerprint density at radius 1 is 0.404 bits per heavy atom. The lowest BCUT2D eigenvalue weighted by Crippen LogP contribution is -2.53. The van der Waals surface area contributed by atoms with Crippen LogP contribution in [0.3, 0.4) is 0 Å². The summed E-state index contributed by atoms with van der Waals surface area (Å²) in [6, 6.07) is -0.977. The zero-order valence-corrected chi connectivity index (χ0v) is 35.1.